The van der Waals surface area contributed by atoms with E-state index in [0.29, 0.717) is 0 Å². The van der Waals surface area contributed by atoms with Crippen LogP contribution in [0.3, 0.4) is 0 Å². The third-order valence-electron chi connectivity index (χ3n) is 1.97. The first-order valence-electron chi connectivity index (χ1n) is 4.54. The summed E-state index contributed by atoms with van der Waals surface area (Å²) in [5.74, 6) is -0.299. The molecule has 1 radical (unpaired) electrons. The van der Waals surface area contributed by atoms with Gasteiger partial charge in [0.15, 0.2) is 5.78 Å². The van der Waals surface area contributed by atoms with Crippen molar-refractivity contribution in [2.24, 2.45) is 0 Å². The molecule has 5 nitrogen and oxygen atoms in total. The Balaban J connectivity index is 0. The summed E-state index contributed by atoms with van der Waals surface area (Å²) in [5, 5.41) is 0. The van der Waals surface area contributed by atoms with Crippen molar-refractivity contribution in [3.05, 3.63) is 37.3 Å². The molecule has 0 bridgehead atoms. The zero-order chi connectivity index (χ0) is 12.2. The summed E-state index contributed by atoms with van der Waals surface area (Å²) in [6.07, 6.45) is 1.28. The first-order valence-corrected chi connectivity index (χ1v) is 6.02. The fraction of sp³-hybridized carbons (Fsp3) is 0.182. The molecule has 0 fully saturated rings. The molecule has 0 heterocycles. The molecule has 0 aromatic heterocycles. The van der Waals surface area contributed by atoms with Gasteiger partial charge < -0.3 is 16.9 Å². The van der Waals surface area contributed by atoms with Crippen LogP contribution in [0, 0.1) is 7.43 Å². The quantitative estimate of drug-likeness (QED) is 0.492. The third-order valence-corrected chi connectivity index (χ3v) is 3.26. The molecule has 0 saturated carbocycles. The molecule has 18 heavy (non-hydrogen) atoms. The van der Waals surface area contributed by atoms with E-state index in [2.05, 4.69) is 0 Å². The van der Waals surface area contributed by atoms with Gasteiger partial charge in [-0.25, -0.2) is 8.42 Å². The Morgan fingerprint density at radius 2 is 1.89 bits per heavy atom. The summed E-state index contributed by atoms with van der Waals surface area (Å²) in [7, 11) is -3.99. The van der Waals surface area contributed by atoms with Gasteiger partial charge in [-0.05, 0) is 6.07 Å². The Kier molecular flexibility index (Phi) is 9.33. The number of hydrogen-bond acceptors (Lipinski definition) is 4. The molecule has 97 valence electrons. The van der Waals surface area contributed by atoms with Crippen molar-refractivity contribution >= 4 is 22.2 Å². The Morgan fingerprint density at radius 1 is 1.33 bits per heavy atom. The van der Waals surface area contributed by atoms with E-state index in [1.54, 1.807) is 17.7 Å². The Morgan fingerprint density at radius 3 is 2.39 bits per heavy atom. The first kappa shape index (κ1) is 19.7. The largest absolute Gasteiger partial charge is 0.519 e. The molecule has 1 rings (SSSR count). The fourth-order valence-electron chi connectivity index (χ4n) is 1.23. The smallest absolute Gasteiger partial charge is 0.235 e. The summed E-state index contributed by atoms with van der Waals surface area (Å²) >= 11 is 0. The zero-order valence-electron chi connectivity index (χ0n) is 10.1. The zero-order valence-corrected chi connectivity index (χ0v) is 13.8. The van der Waals surface area contributed by atoms with Crippen LogP contribution in [0.4, 0.5) is 0 Å². The van der Waals surface area contributed by atoms with E-state index in [1.165, 1.54) is 18.2 Å². The van der Waals surface area contributed by atoms with Crippen LogP contribution < -0.4 is 4.72 Å². The predicted molar refractivity (Wildman–Crippen MR) is 63.5 cm³/mol. The van der Waals surface area contributed by atoms with E-state index in [0.717, 1.165) is 6.41 Å². The van der Waals surface area contributed by atoms with E-state index < -0.39 is 10.0 Å². The van der Waals surface area contributed by atoms with Gasteiger partial charge in [0, 0.05) is 44.7 Å². The maximum Gasteiger partial charge on any atom is 0.235 e. The fourth-order valence-corrected chi connectivity index (χ4v) is 2.18. The Labute approximate surface area is 132 Å². The minimum atomic E-state index is -3.99. The van der Waals surface area contributed by atoms with Crippen molar-refractivity contribution in [1.29, 1.82) is 0 Å². The molecule has 0 aliphatic carbocycles. The summed E-state index contributed by atoms with van der Waals surface area (Å²) in [5.41, 5.74) is 0.0766. The summed E-state index contributed by atoms with van der Waals surface area (Å²) in [6.45, 7) is 1.63. The normalized spacial score (nSPS) is 9.61. The number of ketones is 1. The topological polar surface area (TPSA) is 80.3 Å². The molecule has 1 aromatic carbocycles. The van der Waals surface area contributed by atoms with E-state index in [-0.39, 0.29) is 62.8 Å². The SMILES string of the molecule is CCC(=O)c1ccccc1S(=O)(=O)N[C-]=O.[CH3-].[Y]. The van der Waals surface area contributed by atoms with Gasteiger partial charge in [-0.15, -0.1) is 0 Å². The average Bonchev–Trinajstić information content (AvgIpc) is 2.28. The van der Waals surface area contributed by atoms with Gasteiger partial charge in [-0.3, -0.25) is 4.79 Å². The maximum atomic E-state index is 11.5. The molecule has 1 aromatic rings. The standard InChI is InChI=1S/C10H10NO4S.CH3.Y/c1-2-9(13)8-5-3-4-6-10(8)16(14,15)11-7-12;;/h3-6H,2H2,1H3,(H,11,12);1H3;/q2*-1;. The molecular formula is C11H13NO4SY-2. The molecule has 1 amide bonds. The number of amides is 1. The van der Waals surface area contributed by atoms with Crippen molar-refractivity contribution in [2.45, 2.75) is 18.2 Å². The van der Waals surface area contributed by atoms with Gasteiger partial charge in [0.25, 0.3) is 0 Å². The van der Waals surface area contributed by atoms with Crippen LogP contribution in [-0.4, -0.2) is 20.6 Å². The van der Waals surface area contributed by atoms with Gasteiger partial charge in [0.05, 0.1) is 4.90 Å². The third kappa shape index (κ3) is 4.59. The number of benzene rings is 1. The number of sulfonamides is 1. The van der Waals surface area contributed by atoms with Crippen molar-refractivity contribution in [2.75, 3.05) is 0 Å². The van der Waals surface area contributed by atoms with E-state index in [1.807, 2.05) is 0 Å². The van der Waals surface area contributed by atoms with E-state index >= 15 is 0 Å². The molecule has 1 N–H and O–H groups in total. The molecule has 0 unspecified atom stereocenters. The number of carbonyl (C=O) groups is 1. The van der Waals surface area contributed by atoms with Crippen molar-refractivity contribution in [1.82, 2.24) is 4.72 Å². The van der Waals surface area contributed by atoms with Crippen molar-refractivity contribution in [3.63, 3.8) is 0 Å². The molecule has 0 spiro atoms. The second-order valence-corrected chi connectivity index (χ2v) is 4.63. The first-order chi connectivity index (χ1) is 7.53. The van der Waals surface area contributed by atoms with Crippen LogP contribution in [-0.2, 0) is 47.5 Å². The maximum absolute atomic E-state index is 11.5. The van der Waals surface area contributed by atoms with Crippen LogP contribution in [0.25, 0.3) is 0 Å². The molecule has 0 saturated heterocycles. The van der Waals surface area contributed by atoms with Gasteiger partial charge in [0.2, 0.25) is 10.0 Å². The second-order valence-electron chi connectivity index (χ2n) is 2.98. The average molecular weight is 344 g/mol. The van der Waals surface area contributed by atoms with Gasteiger partial charge in [-0.1, -0.05) is 25.1 Å². The van der Waals surface area contributed by atoms with Crippen LogP contribution in [0.5, 0.6) is 0 Å². The number of Topliss-reactive ketones (excluding diaryl/α,β-unsaturated/α-hetero) is 1. The Bertz CT molecular complexity index is 514. The van der Waals surface area contributed by atoms with Gasteiger partial charge >= 0.3 is 0 Å². The second kappa shape index (κ2) is 8.50. The van der Waals surface area contributed by atoms with Crippen molar-refractivity contribution in [3.8, 4) is 0 Å². The predicted octanol–water partition coefficient (Wildman–Crippen LogP) is 1.07. The van der Waals surface area contributed by atoms with Crippen LogP contribution in [0.1, 0.15) is 23.7 Å². The molecule has 0 aliphatic heterocycles. The monoisotopic (exact) mass is 344 g/mol. The van der Waals surface area contributed by atoms with E-state index in [4.69, 9.17) is 0 Å². The Hall–Kier alpha value is -0.586. The minimum absolute atomic E-state index is 0. The summed E-state index contributed by atoms with van der Waals surface area (Å²) in [6, 6.07) is 5.71. The number of rotatable bonds is 5. The van der Waals surface area contributed by atoms with Gasteiger partial charge in [0.1, 0.15) is 0 Å². The number of nitrogens with one attached hydrogen (secondary N) is 1. The van der Waals surface area contributed by atoms with Crippen LogP contribution >= 0.6 is 0 Å². The summed E-state index contributed by atoms with van der Waals surface area (Å²) in [4.78, 5) is 21.3. The van der Waals surface area contributed by atoms with Crippen molar-refractivity contribution < 1.29 is 50.7 Å². The molecule has 0 atom stereocenters. The molecule has 0 aliphatic rings. The molecule has 7 heteroatoms. The van der Waals surface area contributed by atoms with E-state index in [9.17, 15) is 18.0 Å². The number of carbonyl (C=O) groups excluding carboxylic acids is 2. The number of hydrogen-bond donors (Lipinski definition) is 1. The van der Waals surface area contributed by atoms with Crippen LogP contribution in [0.2, 0.25) is 0 Å². The van der Waals surface area contributed by atoms with Gasteiger partial charge in [-0.2, -0.15) is 6.41 Å². The molecular weight excluding hydrogens is 331 g/mol. The van der Waals surface area contributed by atoms with Crippen LogP contribution in [0.15, 0.2) is 29.2 Å². The minimum Gasteiger partial charge on any atom is -0.519 e. The summed E-state index contributed by atoms with van der Waals surface area (Å²) < 4.78 is 24.7.